The molecule has 96 valence electrons. The third kappa shape index (κ3) is 1.79. The topological polar surface area (TPSA) is 64.1 Å². The van der Waals surface area contributed by atoms with Gasteiger partial charge in [0.15, 0.2) is 11.5 Å². The highest BCUT2D eigenvalue weighted by Gasteiger charge is 2.58. The number of ether oxygens (including phenoxy) is 1. The zero-order chi connectivity index (χ0) is 12.6. The van der Waals surface area contributed by atoms with Gasteiger partial charge in [-0.1, -0.05) is 0 Å². The molecule has 1 aliphatic heterocycles. The van der Waals surface area contributed by atoms with Gasteiger partial charge in [0.1, 0.15) is 0 Å². The normalized spacial score (nSPS) is 24.8. The van der Waals surface area contributed by atoms with E-state index in [1.54, 1.807) is 12.4 Å². The van der Waals surface area contributed by atoms with Crippen LogP contribution in [0, 0.1) is 11.3 Å². The fourth-order valence-electron chi connectivity index (χ4n) is 3.00. The van der Waals surface area contributed by atoms with E-state index in [4.69, 9.17) is 4.74 Å². The lowest BCUT2D eigenvalue weighted by molar-refractivity contribution is 0.0931. The number of Topliss-reactive ketones (excluding diaryl/α,β-unsaturated/α-hetero) is 1. The minimum Gasteiger partial charge on any atom is -0.479 e. The van der Waals surface area contributed by atoms with Crippen LogP contribution >= 0.6 is 0 Å². The van der Waals surface area contributed by atoms with Crippen LogP contribution in [0.4, 0.5) is 0 Å². The Kier molecular flexibility index (Phi) is 2.78. The molecule has 2 aliphatic rings. The third-order valence-corrected chi connectivity index (χ3v) is 4.20. The standard InChI is InChI=1S/C13H17N3O2/c1-18-12-10(15-6-7-16-12)11(17)9-8-13(9)2-4-14-5-3-13/h6-7,9,14H,2-5,8H2,1H3. The van der Waals surface area contributed by atoms with Gasteiger partial charge in [-0.25, -0.2) is 9.97 Å². The first kappa shape index (κ1) is 11.6. The number of piperidine rings is 1. The van der Waals surface area contributed by atoms with E-state index in [1.807, 2.05) is 0 Å². The molecule has 1 atom stereocenters. The van der Waals surface area contributed by atoms with Crippen LogP contribution in [0.15, 0.2) is 12.4 Å². The number of ketones is 1. The van der Waals surface area contributed by atoms with Gasteiger partial charge in [0, 0.05) is 18.3 Å². The monoisotopic (exact) mass is 247 g/mol. The number of hydrogen-bond donors (Lipinski definition) is 1. The number of nitrogens with one attached hydrogen (secondary N) is 1. The van der Waals surface area contributed by atoms with Gasteiger partial charge in [0.05, 0.1) is 7.11 Å². The van der Waals surface area contributed by atoms with Crippen LogP contribution in [-0.2, 0) is 0 Å². The Bertz CT molecular complexity index is 469. The lowest BCUT2D eigenvalue weighted by atomic mass is 9.90. The average molecular weight is 247 g/mol. The predicted octanol–water partition coefficient (Wildman–Crippen LogP) is 1.06. The van der Waals surface area contributed by atoms with E-state index in [2.05, 4.69) is 15.3 Å². The van der Waals surface area contributed by atoms with E-state index in [1.165, 1.54) is 7.11 Å². The highest BCUT2D eigenvalue weighted by Crippen LogP contribution is 2.59. The van der Waals surface area contributed by atoms with Crippen molar-refractivity contribution in [2.45, 2.75) is 19.3 Å². The highest BCUT2D eigenvalue weighted by atomic mass is 16.5. The molecule has 0 amide bonds. The summed E-state index contributed by atoms with van der Waals surface area (Å²) in [5, 5.41) is 3.34. The van der Waals surface area contributed by atoms with Gasteiger partial charge in [0.2, 0.25) is 5.88 Å². The summed E-state index contributed by atoms with van der Waals surface area (Å²) in [5.41, 5.74) is 0.616. The Labute approximate surface area is 106 Å². The Morgan fingerprint density at radius 1 is 1.39 bits per heavy atom. The number of aromatic nitrogens is 2. The van der Waals surface area contributed by atoms with Crippen molar-refractivity contribution in [2.24, 2.45) is 11.3 Å². The molecule has 1 aromatic heterocycles. The molecule has 1 unspecified atom stereocenters. The first-order valence-corrected chi connectivity index (χ1v) is 6.37. The summed E-state index contributed by atoms with van der Waals surface area (Å²) >= 11 is 0. The molecule has 3 rings (SSSR count). The van der Waals surface area contributed by atoms with E-state index < -0.39 is 0 Å². The SMILES string of the molecule is COc1nccnc1C(=O)C1CC12CCNCC2. The Hall–Kier alpha value is -1.49. The largest absolute Gasteiger partial charge is 0.479 e. The van der Waals surface area contributed by atoms with E-state index in [0.717, 1.165) is 32.4 Å². The van der Waals surface area contributed by atoms with Gasteiger partial charge in [-0.05, 0) is 37.8 Å². The van der Waals surface area contributed by atoms with Gasteiger partial charge in [-0.3, -0.25) is 4.79 Å². The second kappa shape index (κ2) is 4.31. The minimum absolute atomic E-state index is 0.0989. The summed E-state index contributed by atoms with van der Waals surface area (Å²) in [6.07, 6.45) is 6.27. The van der Waals surface area contributed by atoms with Crippen LogP contribution in [-0.4, -0.2) is 36.0 Å². The molecule has 0 aromatic carbocycles. The summed E-state index contributed by atoms with van der Waals surface area (Å²) in [5.74, 6) is 0.561. The average Bonchev–Trinajstić information content (AvgIpc) is 3.12. The van der Waals surface area contributed by atoms with Gasteiger partial charge in [-0.15, -0.1) is 0 Å². The van der Waals surface area contributed by atoms with Crippen LogP contribution in [0.25, 0.3) is 0 Å². The number of carbonyl (C=O) groups excluding carboxylic acids is 1. The predicted molar refractivity (Wildman–Crippen MR) is 65.6 cm³/mol. The summed E-state index contributed by atoms with van der Waals surface area (Å²) < 4.78 is 5.11. The summed E-state index contributed by atoms with van der Waals surface area (Å²) in [6.45, 7) is 2.03. The summed E-state index contributed by atoms with van der Waals surface area (Å²) in [7, 11) is 1.52. The molecule has 2 heterocycles. The van der Waals surface area contributed by atoms with Crippen molar-refractivity contribution in [1.29, 1.82) is 0 Å². The zero-order valence-electron chi connectivity index (χ0n) is 10.5. The van der Waals surface area contributed by atoms with Crippen LogP contribution in [0.5, 0.6) is 5.88 Å². The second-order valence-corrected chi connectivity index (χ2v) is 5.15. The molecular formula is C13H17N3O2. The molecular weight excluding hydrogens is 230 g/mol. The van der Waals surface area contributed by atoms with Crippen molar-refractivity contribution in [3.63, 3.8) is 0 Å². The van der Waals surface area contributed by atoms with E-state index in [-0.39, 0.29) is 17.1 Å². The molecule has 2 fully saturated rings. The maximum atomic E-state index is 12.5. The van der Waals surface area contributed by atoms with Crippen molar-refractivity contribution < 1.29 is 9.53 Å². The van der Waals surface area contributed by atoms with E-state index in [9.17, 15) is 4.79 Å². The van der Waals surface area contributed by atoms with Crippen LogP contribution in [0.2, 0.25) is 0 Å². The van der Waals surface area contributed by atoms with Crippen LogP contribution in [0.1, 0.15) is 29.8 Å². The molecule has 1 N–H and O–H groups in total. The van der Waals surface area contributed by atoms with Crippen molar-refractivity contribution in [1.82, 2.24) is 15.3 Å². The fourth-order valence-corrected chi connectivity index (χ4v) is 3.00. The maximum Gasteiger partial charge on any atom is 0.243 e. The minimum atomic E-state index is 0.0989. The zero-order valence-corrected chi connectivity index (χ0v) is 10.5. The van der Waals surface area contributed by atoms with Gasteiger partial charge in [0.25, 0.3) is 0 Å². The molecule has 1 aliphatic carbocycles. The van der Waals surface area contributed by atoms with Gasteiger partial charge < -0.3 is 10.1 Å². The summed E-state index contributed by atoms with van der Waals surface area (Å²) in [6, 6.07) is 0. The van der Waals surface area contributed by atoms with Crippen LogP contribution in [0.3, 0.4) is 0 Å². The van der Waals surface area contributed by atoms with Crippen molar-refractivity contribution in [3.8, 4) is 5.88 Å². The van der Waals surface area contributed by atoms with Crippen LogP contribution < -0.4 is 10.1 Å². The van der Waals surface area contributed by atoms with Crippen molar-refractivity contribution in [2.75, 3.05) is 20.2 Å². The fraction of sp³-hybridized carbons (Fsp3) is 0.615. The first-order chi connectivity index (χ1) is 8.77. The van der Waals surface area contributed by atoms with Gasteiger partial charge >= 0.3 is 0 Å². The first-order valence-electron chi connectivity index (χ1n) is 6.37. The lowest BCUT2D eigenvalue weighted by Crippen LogP contribution is -2.30. The van der Waals surface area contributed by atoms with E-state index >= 15 is 0 Å². The smallest absolute Gasteiger partial charge is 0.243 e. The Morgan fingerprint density at radius 3 is 2.83 bits per heavy atom. The van der Waals surface area contributed by atoms with Gasteiger partial charge in [-0.2, -0.15) is 0 Å². The third-order valence-electron chi connectivity index (χ3n) is 4.20. The number of nitrogens with zero attached hydrogens (tertiary/aromatic N) is 2. The molecule has 18 heavy (non-hydrogen) atoms. The van der Waals surface area contributed by atoms with Crippen molar-refractivity contribution >= 4 is 5.78 Å². The highest BCUT2D eigenvalue weighted by molar-refractivity contribution is 6.00. The Morgan fingerprint density at radius 2 is 2.11 bits per heavy atom. The maximum absolute atomic E-state index is 12.5. The number of carbonyl (C=O) groups is 1. The molecule has 0 radical (unpaired) electrons. The number of hydrogen-bond acceptors (Lipinski definition) is 5. The number of rotatable bonds is 3. The molecule has 1 aromatic rings. The molecule has 5 heteroatoms. The Balaban J connectivity index is 1.80. The lowest BCUT2D eigenvalue weighted by Gasteiger charge is -2.23. The molecule has 1 spiro atoms. The molecule has 0 bridgehead atoms. The molecule has 5 nitrogen and oxygen atoms in total. The van der Waals surface area contributed by atoms with Crippen molar-refractivity contribution in [3.05, 3.63) is 18.1 Å². The second-order valence-electron chi connectivity index (χ2n) is 5.15. The molecule has 1 saturated heterocycles. The number of methoxy groups -OCH3 is 1. The summed E-state index contributed by atoms with van der Waals surface area (Å²) in [4.78, 5) is 20.6. The molecule has 1 saturated carbocycles. The quantitative estimate of drug-likeness (QED) is 0.809. The van der Waals surface area contributed by atoms with E-state index in [0.29, 0.717) is 11.6 Å².